The average Bonchev–Trinajstić information content (AvgIpc) is 3.60. The van der Waals surface area contributed by atoms with E-state index >= 15 is 0 Å². The summed E-state index contributed by atoms with van der Waals surface area (Å²) in [5, 5.41) is 3.07. The van der Waals surface area contributed by atoms with Crippen LogP contribution in [-0.2, 0) is 27.9 Å². The monoisotopic (exact) mass is 480 g/mol. The average molecular weight is 480 g/mol. The molecule has 2 aromatic rings. The van der Waals surface area contributed by atoms with Crippen molar-refractivity contribution in [3.8, 4) is 0 Å². The van der Waals surface area contributed by atoms with E-state index in [1.165, 1.54) is 23.1 Å². The van der Waals surface area contributed by atoms with Crippen molar-refractivity contribution in [2.45, 2.75) is 43.6 Å². The molecule has 1 saturated heterocycles. The Balaban J connectivity index is 1.52. The smallest absolute Gasteiger partial charge is 0.416 e. The van der Waals surface area contributed by atoms with Crippen molar-refractivity contribution >= 4 is 11.9 Å². The maximum Gasteiger partial charge on any atom is 0.416 e. The summed E-state index contributed by atoms with van der Waals surface area (Å²) >= 11 is 0. The summed E-state index contributed by atoms with van der Waals surface area (Å²) in [6, 6.07) is 6.50. The lowest BCUT2D eigenvalue weighted by Crippen LogP contribution is -2.55. The van der Waals surface area contributed by atoms with Gasteiger partial charge in [0.25, 0.3) is 0 Å². The van der Waals surface area contributed by atoms with Crippen LogP contribution in [0.1, 0.15) is 46.3 Å². The Morgan fingerprint density at radius 3 is 2.56 bits per heavy atom. The van der Waals surface area contributed by atoms with Crippen LogP contribution in [-0.4, -0.2) is 35.9 Å². The Labute approximate surface area is 191 Å². The molecule has 2 aromatic carbocycles. The maximum atomic E-state index is 14.1. The first kappa shape index (κ1) is 22.8. The second-order valence-corrected chi connectivity index (χ2v) is 8.95. The molecule has 2 fully saturated rings. The predicted molar refractivity (Wildman–Crippen MR) is 109 cm³/mol. The second kappa shape index (κ2) is 8.04. The van der Waals surface area contributed by atoms with Gasteiger partial charge in [-0.25, -0.2) is 13.6 Å². The minimum absolute atomic E-state index is 0.0370. The van der Waals surface area contributed by atoms with E-state index in [1.807, 2.05) is 0 Å². The van der Waals surface area contributed by atoms with Crippen LogP contribution in [0.25, 0.3) is 0 Å². The number of rotatable bonds is 4. The molecular weight excluding hydrogens is 459 g/mol. The Hall–Kier alpha value is -3.01. The number of nitrogens with zero attached hydrogens (tertiary/aromatic N) is 1. The van der Waals surface area contributed by atoms with Gasteiger partial charge in [-0.05, 0) is 43.1 Å². The fourth-order valence-corrected chi connectivity index (χ4v) is 5.02. The number of benzene rings is 2. The number of esters is 1. The summed E-state index contributed by atoms with van der Waals surface area (Å²) < 4.78 is 74.3. The molecule has 2 atom stereocenters. The summed E-state index contributed by atoms with van der Waals surface area (Å²) in [4.78, 5) is 27.8. The van der Waals surface area contributed by atoms with Gasteiger partial charge in [0.05, 0.1) is 17.0 Å². The highest BCUT2D eigenvalue weighted by molar-refractivity contribution is 5.96. The molecule has 5 nitrogen and oxygen atoms in total. The third kappa shape index (κ3) is 3.73. The first-order valence-corrected chi connectivity index (χ1v) is 11.0. The summed E-state index contributed by atoms with van der Waals surface area (Å²) in [6.45, 7) is 0.175. The molecular formula is C24H21F5N2O3. The molecule has 1 saturated carbocycles. The summed E-state index contributed by atoms with van der Waals surface area (Å²) in [6.07, 6.45) is -3.15. The molecule has 5 rings (SSSR count). The molecule has 34 heavy (non-hydrogen) atoms. The van der Waals surface area contributed by atoms with Crippen molar-refractivity contribution in [2.24, 2.45) is 5.92 Å². The van der Waals surface area contributed by atoms with E-state index in [2.05, 4.69) is 5.32 Å². The van der Waals surface area contributed by atoms with Crippen LogP contribution in [0.3, 0.4) is 0 Å². The van der Waals surface area contributed by atoms with Gasteiger partial charge >= 0.3 is 12.1 Å². The largest absolute Gasteiger partial charge is 0.450 e. The second-order valence-electron chi connectivity index (χ2n) is 8.95. The molecule has 1 unspecified atom stereocenters. The predicted octanol–water partition coefficient (Wildman–Crippen LogP) is 4.15. The quantitative estimate of drug-likeness (QED) is 0.528. The van der Waals surface area contributed by atoms with E-state index in [9.17, 15) is 31.5 Å². The lowest BCUT2D eigenvalue weighted by molar-refractivity contribution is -0.151. The standard InChI is InChI=1S/C24H21F5N2O3/c25-19-9-15-17(10-20(19)26)23(34-22(15)33)7-8-30-11-18(23)21(32)31(14-5-6-14)12-13-3-1-2-4-16(13)24(27,28)29/h1-4,9-10,14,18,30H,5-8,11-12H2/t18?,23-/m0/s1. The van der Waals surface area contributed by atoms with Crippen LogP contribution in [0.4, 0.5) is 22.0 Å². The highest BCUT2D eigenvalue weighted by Crippen LogP contribution is 2.48. The summed E-state index contributed by atoms with van der Waals surface area (Å²) in [7, 11) is 0. The zero-order chi connectivity index (χ0) is 24.3. The van der Waals surface area contributed by atoms with Gasteiger partial charge in [0, 0.05) is 31.1 Å². The number of fused-ring (bicyclic) bond motifs is 2. The molecule has 1 spiro atoms. The van der Waals surface area contributed by atoms with Crippen molar-refractivity contribution < 1.29 is 36.3 Å². The molecule has 0 bridgehead atoms. The van der Waals surface area contributed by atoms with Crippen LogP contribution >= 0.6 is 0 Å². The number of hydrogen-bond acceptors (Lipinski definition) is 4. The van der Waals surface area contributed by atoms with Crippen LogP contribution in [0.5, 0.6) is 0 Å². The minimum Gasteiger partial charge on any atom is -0.450 e. The summed E-state index contributed by atoms with van der Waals surface area (Å²) in [5.41, 5.74) is -2.41. The maximum absolute atomic E-state index is 14.1. The van der Waals surface area contributed by atoms with E-state index in [4.69, 9.17) is 4.74 Å². The topological polar surface area (TPSA) is 58.6 Å². The number of nitrogens with one attached hydrogen (secondary N) is 1. The molecule has 1 N–H and O–H groups in total. The van der Waals surface area contributed by atoms with Crippen LogP contribution < -0.4 is 5.32 Å². The van der Waals surface area contributed by atoms with Crippen LogP contribution in [0.2, 0.25) is 0 Å². The number of amides is 1. The zero-order valence-electron chi connectivity index (χ0n) is 17.9. The van der Waals surface area contributed by atoms with Gasteiger partial charge in [-0.15, -0.1) is 0 Å². The van der Waals surface area contributed by atoms with Crippen molar-refractivity contribution in [1.82, 2.24) is 10.2 Å². The van der Waals surface area contributed by atoms with Gasteiger partial charge in [-0.3, -0.25) is 4.79 Å². The third-order valence-corrected chi connectivity index (χ3v) is 6.83. The lowest BCUT2D eigenvalue weighted by atomic mass is 9.75. The van der Waals surface area contributed by atoms with Crippen molar-refractivity contribution in [3.05, 3.63) is 70.3 Å². The number of halogens is 5. The molecule has 180 valence electrons. The van der Waals surface area contributed by atoms with Gasteiger partial charge in [0.15, 0.2) is 17.2 Å². The van der Waals surface area contributed by atoms with Crippen molar-refractivity contribution in [2.75, 3.05) is 13.1 Å². The zero-order valence-corrected chi connectivity index (χ0v) is 17.9. The molecule has 2 heterocycles. The van der Waals surface area contributed by atoms with Gasteiger partial charge in [-0.2, -0.15) is 13.2 Å². The highest BCUT2D eigenvalue weighted by atomic mass is 19.4. The lowest BCUT2D eigenvalue weighted by Gasteiger charge is -2.42. The van der Waals surface area contributed by atoms with E-state index in [-0.39, 0.29) is 42.2 Å². The Morgan fingerprint density at radius 1 is 1.15 bits per heavy atom. The van der Waals surface area contributed by atoms with Gasteiger partial charge in [0.1, 0.15) is 0 Å². The fraction of sp³-hybridized carbons (Fsp3) is 0.417. The Kier molecular flexibility index (Phi) is 5.38. The number of piperidine rings is 1. The molecule has 3 aliphatic rings. The summed E-state index contributed by atoms with van der Waals surface area (Å²) in [5.74, 6) is -4.71. The Morgan fingerprint density at radius 2 is 1.85 bits per heavy atom. The number of carbonyl (C=O) groups excluding carboxylic acids is 2. The minimum atomic E-state index is -4.58. The van der Waals surface area contributed by atoms with Gasteiger partial charge < -0.3 is 15.0 Å². The molecule has 0 radical (unpaired) electrons. The van der Waals surface area contributed by atoms with Gasteiger partial charge in [0.2, 0.25) is 5.91 Å². The van der Waals surface area contributed by atoms with Crippen molar-refractivity contribution in [1.29, 1.82) is 0 Å². The Bertz CT molecular complexity index is 1160. The molecule has 1 aliphatic carbocycles. The van der Waals surface area contributed by atoms with E-state index < -0.39 is 46.8 Å². The SMILES string of the molecule is O=C1O[C@@]2(CCNCC2C(=O)N(Cc2ccccc2C(F)(F)F)C2CC2)c2cc(F)c(F)cc21. The van der Waals surface area contributed by atoms with Crippen molar-refractivity contribution in [3.63, 3.8) is 0 Å². The van der Waals surface area contributed by atoms with Gasteiger partial charge in [-0.1, -0.05) is 18.2 Å². The van der Waals surface area contributed by atoms with E-state index in [0.29, 0.717) is 19.4 Å². The fourth-order valence-electron chi connectivity index (χ4n) is 5.02. The molecule has 10 heteroatoms. The molecule has 0 aromatic heterocycles. The highest BCUT2D eigenvalue weighted by Gasteiger charge is 2.57. The first-order valence-electron chi connectivity index (χ1n) is 11.0. The van der Waals surface area contributed by atoms with Crippen LogP contribution in [0, 0.1) is 17.6 Å². The number of carbonyl (C=O) groups is 2. The van der Waals surface area contributed by atoms with Crippen LogP contribution in [0.15, 0.2) is 36.4 Å². The first-order chi connectivity index (χ1) is 16.1. The molecule has 2 aliphatic heterocycles. The number of hydrogen-bond donors (Lipinski definition) is 1. The normalized spacial score (nSPS) is 24.1. The van der Waals surface area contributed by atoms with E-state index in [1.54, 1.807) is 0 Å². The van der Waals surface area contributed by atoms with E-state index in [0.717, 1.165) is 18.2 Å². The molecule has 1 amide bonds. The number of alkyl halides is 3. The third-order valence-electron chi connectivity index (χ3n) is 6.83. The number of ether oxygens (including phenoxy) is 1.